The highest BCUT2D eigenvalue weighted by Gasteiger charge is 2.30. The van der Waals surface area contributed by atoms with Gasteiger partial charge in [0.2, 0.25) is 0 Å². The van der Waals surface area contributed by atoms with Crippen LogP contribution in [0.4, 0.5) is 10.5 Å². The molecule has 43 heavy (non-hydrogen) atoms. The normalized spacial score (nSPS) is 12.1. The van der Waals surface area contributed by atoms with Crippen LogP contribution >= 0.6 is 0 Å². The maximum absolute atomic E-state index is 14.5. The van der Waals surface area contributed by atoms with Gasteiger partial charge in [0.05, 0.1) is 22.6 Å². The third-order valence-electron chi connectivity index (χ3n) is 7.94. The molecule has 1 heterocycles. The zero-order valence-electron chi connectivity index (χ0n) is 25.6. The zero-order valence-corrected chi connectivity index (χ0v) is 25.6. The van der Waals surface area contributed by atoms with Gasteiger partial charge in [-0.25, -0.2) is 9.78 Å². The number of hydrogen-bond acceptors (Lipinski definition) is 3. The van der Waals surface area contributed by atoms with Crippen LogP contribution in [-0.4, -0.2) is 20.5 Å². The molecule has 1 unspecified atom stereocenters. The average Bonchev–Trinajstić information content (AvgIpc) is 3.02. The number of carbonyl (C=O) groups excluding carboxylic acids is 1. The SMILES string of the molecule is CCC(c1nc2ccccc2c(=O)n1-c1ccccc1)N(Cc1ccccc1)C(=O)Nc1c(C(C)C)cccc1C(C)C. The third-order valence-corrected chi connectivity index (χ3v) is 7.94. The fourth-order valence-electron chi connectivity index (χ4n) is 5.72. The summed E-state index contributed by atoms with van der Waals surface area (Å²) in [5.74, 6) is 0.984. The molecule has 5 aromatic rings. The number of para-hydroxylation sites is 3. The molecule has 0 saturated heterocycles. The van der Waals surface area contributed by atoms with Gasteiger partial charge in [0.25, 0.3) is 5.56 Å². The Bertz CT molecular complexity index is 1730. The van der Waals surface area contributed by atoms with Gasteiger partial charge >= 0.3 is 6.03 Å². The van der Waals surface area contributed by atoms with E-state index in [0.717, 1.165) is 22.4 Å². The van der Waals surface area contributed by atoms with Crippen molar-refractivity contribution < 1.29 is 4.79 Å². The third kappa shape index (κ3) is 6.24. The molecular weight excluding hydrogens is 532 g/mol. The molecule has 1 N–H and O–H groups in total. The predicted molar refractivity (Wildman–Crippen MR) is 176 cm³/mol. The molecule has 1 atom stereocenters. The fraction of sp³-hybridized carbons (Fsp3) is 0.270. The Morgan fingerprint density at radius 3 is 1.98 bits per heavy atom. The van der Waals surface area contributed by atoms with Crippen molar-refractivity contribution in [1.29, 1.82) is 0 Å². The fourth-order valence-corrected chi connectivity index (χ4v) is 5.72. The first-order valence-corrected chi connectivity index (χ1v) is 15.1. The number of nitrogens with one attached hydrogen (secondary N) is 1. The van der Waals surface area contributed by atoms with Crippen molar-refractivity contribution in [1.82, 2.24) is 14.5 Å². The summed E-state index contributed by atoms with van der Waals surface area (Å²) >= 11 is 0. The average molecular weight is 573 g/mol. The van der Waals surface area contributed by atoms with Crippen LogP contribution in [0.1, 0.15) is 81.4 Å². The first kappa shape index (κ1) is 29.8. The molecule has 0 bridgehead atoms. The van der Waals surface area contributed by atoms with Gasteiger partial charge < -0.3 is 10.2 Å². The molecule has 1 aromatic heterocycles. The molecule has 220 valence electrons. The second-order valence-corrected chi connectivity index (χ2v) is 11.6. The summed E-state index contributed by atoms with van der Waals surface area (Å²) in [6, 6.07) is 32.4. The molecule has 2 amide bonds. The van der Waals surface area contributed by atoms with Gasteiger partial charge in [-0.05, 0) is 59.2 Å². The Balaban J connectivity index is 1.69. The number of hydrogen-bond donors (Lipinski definition) is 1. The Morgan fingerprint density at radius 2 is 1.37 bits per heavy atom. The highest BCUT2D eigenvalue weighted by molar-refractivity contribution is 5.92. The molecule has 4 aromatic carbocycles. The van der Waals surface area contributed by atoms with E-state index in [0.29, 0.717) is 35.4 Å². The maximum Gasteiger partial charge on any atom is 0.322 e. The molecule has 0 spiro atoms. The predicted octanol–water partition coefficient (Wildman–Crippen LogP) is 8.82. The van der Waals surface area contributed by atoms with E-state index in [1.165, 1.54) is 0 Å². The maximum atomic E-state index is 14.5. The van der Waals surface area contributed by atoms with Crippen molar-refractivity contribution in [2.75, 3.05) is 5.32 Å². The van der Waals surface area contributed by atoms with Gasteiger partial charge in [-0.15, -0.1) is 0 Å². The Kier molecular flexibility index (Phi) is 9.05. The molecule has 0 fully saturated rings. The van der Waals surface area contributed by atoms with E-state index >= 15 is 0 Å². The minimum absolute atomic E-state index is 0.155. The zero-order chi connectivity index (χ0) is 30.5. The topological polar surface area (TPSA) is 67.2 Å². The Hall–Kier alpha value is -4.71. The van der Waals surface area contributed by atoms with Crippen molar-refractivity contribution in [3.05, 3.63) is 136 Å². The lowest BCUT2D eigenvalue weighted by Crippen LogP contribution is -2.40. The molecular formula is C37H40N4O2. The van der Waals surface area contributed by atoms with E-state index in [9.17, 15) is 9.59 Å². The van der Waals surface area contributed by atoms with Crippen LogP contribution < -0.4 is 10.9 Å². The van der Waals surface area contributed by atoms with E-state index in [-0.39, 0.29) is 23.4 Å². The van der Waals surface area contributed by atoms with Crippen LogP contribution in [0.25, 0.3) is 16.6 Å². The van der Waals surface area contributed by atoms with Crippen molar-refractivity contribution in [3.8, 4) is 5.69 Å². The minimum Gasteiger partial charge on any atom is -0.310 e. The van der Waals surface area contributed by atoms with E-state index < -0.39 is 6.04 Å². The van der Waals surface area contributed by atoms with Crippen molar-refractivity contribution in [3.63, 3.8) is 0 Å². The van der Waals surface area contributed by atoms with Gasteiger partial charge in [0, 0.05) is 12.2 Å². The summed E-state index contributed by atoms with van der Waals surface area (Å²) in [5, 5.41) is 3.87. The molecule has 0 aliphatic rings. The molecule has 0 aliphatic heterocycles. The van der Waals surface area contributed by atoms with Crippen molar-refractivity contribution in [2.24, 2.45) is 0 Å². The first-order chi connectivity index (χ1) is 20.8. The number of aromatic nitrogens is 2. The van der Waals surface area contributed by atoms with Crippen LogP contribution in [0.2, 0.25) is 0 Å². The van der Waals surface area contributed by atoms with Gasteiger partial charge in [-0.2, -0.15) is 0 Å². The summed E-state index contributed by atoms with van der Waals surface area (Å²) in [4.78, 5) is 35.5. The van der Waals surface area contributed by atoms with Gasteiger partial charge in [-0.1, -0.05) is 113 Å². The number of anilines is 1. The highest BCUT2D eigenvalue weighted by Crippen LogP contribution is 2.34. The van der Waals surface area contributed by atoms with Crippen LogP contribution in [0.15, 0.2) is 108 Å². The number of rotatable bonds is 9. The number of fused-ring (bicyclic) bond motifs is 1. The monoisotopic (exact) mass is 572 g/mol. The number of urea groups is 1. The second-order valence-electron chi connectivity index (χ2n) is 11.6. The highest BCUT2D eigenvalue weighted by atomic mass is 16.2. The summed E-state index contributed by atoms with van der Waals surface area (Å²) < 4.78 is 1.67. The number of nitrogens with zero attached hydrogens (tertiary/aromatic N) is 3. The van der Waals surface area contributed by atoms with Crippen molar-refractivity contribution in [2.45, 2.75) is 65.5 Å². The largest absolute Gasteiger partial charge is 0.322 e. The lowest BCUT2D eigenvalue weighted by atomic mass is 9.92. The van der Waals surface area contributed by atoms with E-state index in [1.54, 1.807) is 10.6 Å². The summed E-state index contributed by atoms with van der Waals surface area (Å²) in [5.41, 5.74) is 5.21. The van der Waals surface area contributed by atoms with E-state index in [2.05, 4.69) is 51.2 Å². The van der Waals surface area contributed by atoms with E-state index in [4.69, 9.17) is 4.98 Å². The van der Waals surface area contributed by atoms with Crippen LogP contribution in [0.5, 0.6) is 0 Å². The van der Waals surface area contributed by atoms with Gasteiger partial charge in [0.1, 0.15) is 5.82 Å². The Morgan fingerprint density at radius 1 is 0.791 bits per heavy atom. The molecule has 6 heteroatoms. The summed E-state index contributed by atoms with van der Waals surface area (Å²) in [7, 11) is 0. The summed E-state index contributed by atoms with van der Waals surface area (Å²) in [6.45, 7) is 11.0. The van der Waals surface area contributed by atoms with Crippen molar-refractivity contribution >= 4 is 22.6 Å². The lowest BCUT2D eigenvalue weighted by Gasteiger charge is -2.33. The molecule has 0 radical (unpaired) electrons. The quantitative estimate of drug-likeness (QED) is 0.192. The summed E-state index contributed by atoms with van der Waals surface area (Å²) in [6.07, 6.45) is 0.556. The number of benzene rings is 4. The Labute approximate surface area is 254 Å². The van der Waals surface area contributed by atoms with Gasteiger partial charge in [0.15, 0.2) is 0 Å². The molecule has 6 nitrogen and oxygen atoms in total. The molecule has 0 aliphatic carbocycles. The van der Waals surface area contributed by atoms with Gasteiger partial charge in [-0.3, -0.25) is 9.36 Å². The van der Waals surface area contributed by atoms with Crippen LogP contribution in [0.3, 0.4) is 0 Å². The smallest absolute Gasteiger partial charge is 0.310 e. The van der Waals surface area contributed by atoms with Crippen LogP contribution in [0, 0.1) is 0 Å². The second kappa shape index (κ2) is 13.1. The first-order valence-electron chi connectivity index (χ1n) is 15.1. The minimum atomic E-state index is -0.494. The lowest BCUT2D eigenvalue weighted by molar-refractivity contribution is 0.177. The molecule has 0 saturated carbocycles. The van der Waals surface area contributed by atoms with E-state index in [1.807, 2.05) is 90.7 Å². The van der Waals surface area contributed by atoms with Crippen LogP contribution in [-0.2, 0) is 6.54 Å². The standard InChI is InChI=1S/C37H40N4O2/c1-6-33(35-38-32-23-14-13-20-31(32)36(42)41(35)28-18-11-8-12-19-28)40(24-27-16-9-7-10-17-27)37(43)39-34-29(25(2)3)21-15-22-30(34)26(4)5/h7-23,25-26,33H,6,24H2,1-5H3,(H,39,43). The number of amides is 2. The number of carbonyl (C=O) groups is 1. The molecule has 5 rings (SSSR count).